The number of anilines is 1. The lowest BCUT2D eigenvalue weighted by Gasteiger charge is -2.04. The van der Waals surface area contributed by atoms with Crippen LogP contribution in [0.2, 0.25) is 10.0 Å². The van der Waals surface area contributed by atoms with Crippen molar-refractivity contribution < 1.29 is 9.59 Å². The summed E-state index contributed by atoms with van der Waals surface area (Å²) in [5, 5.41) is 7.06. The molecule has 0 saturated heterocycles. The number of halogens is 2. The molecule has 2 amide bonds. The summed E-state index contributed by atoms with van der Waals surface area (Å²) in [6.45, 7) is -0.0373. The molecular weight excluding hydrogens is 369 g/mol. The van der Waals surface area contributed by atoms with Crippen LogP contribution in [0.5, 0.6) is 0 Å². The van der Waals surface area contributed by atoms with Crippen LogP contribution in [0.1, 0.15) is 23.3 Å². The number of thiazole rings is 1. The fraction of sp³-hybridized carbons (Fsp3) is 0.312. The monoisotopic (exact) mass is 383 g/mol. The molecule has 0 aliphatic heterocycles. The molecule has 1 heterocycles. The summed E-state index contributed by atoms with van der Waals surface area (Å²) in [4.78, 5) is 28.5. The van der Waals surface area contributed by atoms with Gasteiger partial charge in [-0.1, -0.05) is 23.2 Å². The van der Waals surface area contributed by atoms with Gasteiger partial charge in [0.25, 0.3) is 0 Å². The van der Waals surface area contributed by atoms with Crippen molar-refractivity contribution in [2.24, 2.45) is 5.92 Å². The fourth-order valence-electron chi connectivity index (χ4n) is 2.13. The molecule has 0 unspecified atom stereocenters. The standard InChI is InChI=1S/C16H15Cl2N3O2S/c17-11-3-4-13(18)10(5-11)6-12-7-20-16(24-12)21-14(22)8-19-15(23)9-1-2-9/h3-5,7,9H,1-2,6,8H2,(H,19,23)(H,20,21,22). The number of carbonyl (C=O) groups excluding carboxylic acids is 2. The molecule has 2 N–H and O–H groups in total. The number of carbonyl (C=O) groups is 2. The smallest absolute Gasteiger partial charge is 0.245 e. The van der Waals surface area contributed by atoms with Crippen LogP contribution in [0.4, 0.5) is 5.13 Å². The van der Waals surface area contributed by atoms with Gasteiger partial charge in [0.05, 0.1) is 6.54 Å². The van der Waals surface area contributed by atoms with E-state index in [1.807, 2.05) is 6.07 Å². The Morgan fingerprint density at radius 1 is 1.29 bits per heavy atom. The zero-order chi connectivity index (χ0) is 17.1. The van der Waals surface area contributed by atoms with Crippen LogP contribution >= 0.6 is 34.5 Å². The molecule has 24 heavy (non-hydrogen) atoms. The third kappa shape index (κ3) is 4.69. The summed E-state index contributed by atoms with van der Waals surface area (Å²) in [6.07, 6.45) is 4.11. The molecule has 126 valence electrons. The van der Waals surface area contributed by atoms with Crippen molar-refractivity contribution >= 4 is 51.5 Å². The van der Waals surface area contributed by atoms with Gasteiger partial charge in [-0.3, -0.25) is 9.59 Å². The Balaban J connectivity index is 1.54. The Kier molecular flexibility index (Phi) is 5.38. The first-order chi connectivity index (χ1) is 11.5. The number of hydrogen-bond acceptors (Lipinski definition) is 4. The quantitative estimate of drug-likeness (QED) is 0.801. The molecule has 1 fully saturated rings. The van der Waals surface area contributed by atoms with Crippen molar-refractivity contribution in [3.63, 3.8) is 0 Å². The van der Waals surface area contributed by atoms with E-state index >= 15 is 0 Å². The Bertz CT molecular complexity index is 774. The normalized spacial score (nSPS) is 13.6. The second-order valence-electron chi connectivity index (χ2n) is 5.58. The van der Waals surface area contributed by atoms with Gasteiger partial charge in [0.15, 0.2) is 5.13 Å². The third-order valence-corrected chi connectivity index (χ3v) is 5.06. The van der Waals surface area contributed by atoms with Gasteiger partial charge < -0.3 is 10.6 Å². The van der Waals surface area contributed by atoms with Crippen molar-refractivity contribution in [3.05, 3.63) is 44.9 Å². The zero-order valence-corrected chi connectivity index (χ0v) is 15.0. The van der Waals surface area contributed by atoms with Crippen LogP contribution in [-0.4, -0.2) is 23.3 Å². The molecule has 1 saturated carbocycles. The molecular formula is C16H15Cl2N3O2S. The van der Waals surface area contributed by atoms with E-state index in [1.165, 1.54) is 11.3 Å². The minimum Gasteiger partial charge on any atom is -0.347 e. The van der Waals surface area contributed by atoms with E-state index in [-0.39, 0.29) is 24.3 Å². The molecule has 0 atom stereocenters. The molecule has 1 aromatic carbocycles. The van der Waals surface area contributed by atoms with Crippen molar-refractivity contribution in [1.82, 2.24) is 10.3 Å². The molecule has 1 aliphatic rings. The maximum Gasteiger partial charge on any atom is 0.245 e. The molecule has 3 rings (SSSR count). The molecule has 1 aromatic heterocycles. The zero-order valence-electron chi connectivity index (χ0n) is 12.6. The highest BCUT2D eigenvalue weighted by Gasteiger charge is 2.29. The van der Waals surface area contributed by atoms with E-state index in [0.29, 0.717) is 21.6 Å². The van der Waals surface area contributed by atoms with E-state index in [9.17, 15) is 9.59 Å². The molecule has 0 spiro atoms. The molecule has 2 aromatic rings. The molecule has 5 nitrogen and oxygen atoms in total. The average molecular weight is 384 g/mol. The van der Waals surface area contributed by atoms with Gasteiger partial charge in [-0.05, 0) is 36.6 Å². The number of benzene rings is 1. The predicted molar refractivity (Wildman–Crippen MR) is 95.7 cm³/mol. The highest BCUT2D eigenvalue weighted by atomic mass is 35.5. The number of nitrogens with one attached hydrogen (secondary N) is 2. The van der Waals surface area contributed by atoms with Gasteiger partial charge in [-0.15, -0.1) is 11.3 Å². The Labute approximate surface area is 153 Å². The van der Waals surface area contributed by atoms with E-state index < -0.39 is 0 Å². The number of hydrogen-bond donors (Lipinski definition) is 2. The SMILES string of the molecule is O=C(CNC(=O)C1CC1)Nc1ncc(Cc2cc(Cl)ccc2Cl)s1. The molecule has 1 aliphatic carbocycles. The highest BCUT2D eigenvalue weighted by Crippen LogP contribution is 2.29. The lowest BCUT2D eigenvalue weighted by molar-refractivity contribution is -0.125. The summed E-state index contributed by atoms with van der Waals surface area (Å²) in [6, 6.07) is 5.31. The van der Waals surface area contributed by atoms with Gasteiger partial charge in [-0.25, -0.2) is 4.98 Å². The number of nitrogens with zero attached hydrogens (tertiary/aromatic N) is 1. The second-order valence-corrected chi connectivity index (χ2v) is 7.54. The molecule has 0 bridgehead atoms. The van der Waals surface area contributed by atoms with Crippen molar-refractivity contribution in [1.29, 1.82) is 0 Å². The minimum absolute atomic E-state index is 0.0373. The number of amides is 2. The summed E-state index contributed by atoms with van der Waals surface area (Å²) in [5.41, 5.74) is 0.905. The number of aromatic nitrogens is 1. The molecule has 0 radical (unpaired) electrons. The minimum atomic E-state index is -0.286. The van der Waals surface area contributed by atoms with Crippen molar-refractivity contribution in [2.45, 2.75) is 19.3 Å². The predicted octanol–water partition coefficient (Wildman–Crippen LogP) is 3.51. The number of rotatable bonds is 6. The Morgan fingerprint density at radius 3 is 2.83 bits per heavy atom. The van der Waals surface area contributed by atoms with Crippen molar-refractivity contribution in [3.8, 4) is 0 Å². The summed E-state index contributed by atoms with van der Waals surface area (Å²) in [5.74, 6) is -0.252. The van der Waals surface area contributed by atoms with Gasteiger partial charge in [0, 0.05) is 33.5 Å². The first-order valence-corrected chi connectivity index (χ1v) is 9.04. The van der Waals surface area contributed by atoms with Gasteiger partial charge in [0.2, 0.25) is 11.8 Å². The van der Waals surface area contributed by atoms with Crippen molar-refractivity contribution in [2.75, 3.05) is 11.9 Å². The first kappa shape index (κ1) is 17.2. The van der Waals surface area contributed by atoms with E-state index in [0.717, 1.165) is 23.3 Å². The summed E-state index contributed by atoms with van der Waals surface area (Å²) in [7, 11) is 0. The lowest BCUT2D eigenvalue weighted by Crippen LogP contribution is -2.33. The topological polar surface area (TPSA) is 71.1 Å². The van der Waals surface area contributed by atoms with Crippen LogP contribution in [0, 0.1) is 5.92 Å². The van der Waals surface area contributed by atoms with E-state index in [1.54, 1.807) is 18.3 Å². The van der Waals surface area contributed by atoms with Crippen LogP contribution < -0.4 is 10.6 Å². The average Bonchev–Trinajstić information content (AvgIpc) is 3.31. The summed E-state index contributed by atoms with van der Waals surface area (Å²) < 4.78 is 0. The van der Waals surface area contributed by atoms with Gasteiger partial charge in [-0.2, -0.15) is 0 Å². The van der Waals surface area contributed by atoms with E-state index in [4.69, 9.17) is 23.2 Å². The van der Waals surface area contributed by atoms with Crippen LogP contribution in [0.25, 0.3) is 0 Å². The lowest BCUT2D eigenvalue weighted by atomic mass is 10.1. The van der Waals surface area contributed by atoms with Crippen LogP contribution in [0.3, 0.4) is 0 Å². The largest absolute Gasteiger partial charge is 0.347 e. The highest BCUT2D eigenvalue weighted by molar-refractivity contribution is 7.15. The maximum atomic E-state index is 11.8. The maximum absolute atomic E-state index is 11.8. The van der Waals surface area contributed by atoms with Crippen LogP contribution in [-0.2, 0) is 16.0 Å². The van der Waals surface area contributed by atoms with E-state index in [2.05, 4.69) is 15.6 Å². The van der Waals surface area contributed by atoms with Crippen LogP contribution in [0.15, 0.2) is 24.4 Å². The first-order valence-electron chi connectivity index (χ1n) is 7.47. The second kappa shape index (κ2) is 7.51. The fourth-order valence-corrected chi connectivity index (χ4v) is 3.36. The Morgan fingerprint density at radius 2 is 2.08 bits per heavy atom. The summed E-state index contributed by atoms with van der Waals surface area (Å²) >= 11 is 13.5. The Hall–Kier alpha value is -1.63. The third-order valence-electron chi connectivity index (χ3n) is 3.54. The van der Waals surface area contributed by atoms with Gasteiger partial charge in [0.1, 0.15) is 0 Å². The molecule has 8 heteroatoms. The van der Waals surface area contributed by atoms with Gasteiger partial charge >= 0.3 is 0 Å².